The summed E-state index contributed by atoms with van der Waals surface area (Å²) in [6.07, 6.45) is 4.17. The first-order chi connectivity index (χ1) is 12.2. The molecule has 1 amide bonds. The smallest absolute Gasteiger partial charge is 0.280 e. The van der Waals surface area contributed by atoms with Crippen LogP contribution in [0.4, 0.5) is 0 Å². The van der Waals surface area contributed by atoms with Crippen LogP contribution in [0.1, 0.15) is 22.6 Å². The van der Waals surface area contributed by atoms with Gasteiger partial charge in [-0.15, -0.1) is 11.3 Å². The van der Waals surface area contributed by atoms with E-state index in [0.29, 0.717) is 10.9 Å². The Labute approximate surface area is 155 Å². The number of piperidine rings is 3. The zero-order chi connectivity index (χ0) is 17.2. The van der Waals surface area contributed by atoms with E-state index in [1.54, 1.807) is 25.1 Å². The Kier molecular flexibility index (Phi) is 4.96. The molecule has 5 nitrogen and oxygen atoms in total. The monoisotopic (exact) mass is 375 g/mol. The van der Waals surface area contributed by atoms with E-state index in [9.17, 15) is 4.79 Å². The Morgan fingerprint density at radius 2 is 2.08 bits per heavy atom. The Bertz CT molecular complexity index is 739. The average Bonchev–Trinajstić information content (AvgIpc) is 3.12. The standard InChI is InChI=1S/C18H21N3O2S2/c1-23-13-2-4-14(5-3-13)24-16-10-19-18(25-16)17(22)20-15-11-21-8-6-12(15)7-9-21/h2-5,10,12,15H,6-9,11H2,1H3,(H,20,22)/t15-/m0/s1. The second-order valence-electron chi connectivity index (χ2n) is 6.48. The minimum absolute atomic E-state index is 0.0367. The first-order valence-electron chi connectivity index (χ1n) is 8.52. The summed E-state index contributed by atoms with van der Waals surface area (Å²) in [5.41, 5.74) is 0. The topological polar surface area (TPSA) is 54.5 Å². The molecule has 1 atom stereocenters. The lowest BCUT2D eigenvalue weighted by Crippen LogP contribution is -2.57. The Hall–Kier alpha value is -1.57. The molecule has 2 bridgehead atoms. The third-order valence-corrected chi connectivity index (χ3v) is 7.03. The lowest BCUT2D eigenvalue weighted by Gasteiger charge is -2.44. The van der Waals surface area contributed by atoms with Gasteiger partial charge in [0.2, 0.25) is 0 Å². The third-order valence-electron chi connectivity index (χ3n) is 4.93. The number of fused-ring (bicyclic) bond motifs is 3. The van der Waals surface area contributed by atoms with E-state index in [0.717, 1.165) is 21.4 Å². The number of hydrogen-bond acceptors (Lipinski definition) is 6. The summed E-state index contributed by atoms with van der Waals surface area (Å²) in [5.74, 6) is 1.43. The molecule has 0 aliphatic carbocycles. The number of carbonyl (C=O) groups is 1. The van der Waals surface area contributed by atoms with Crippen LogP contribution in [0.15, 0.2) is 39.6 Å². The number of rotatable bonds is 5. The maximum absolute atomic E-state index is 12.5. The fraction of sp³-hybridized carbons (Fsp3) is 0.444. The number of hydrogen-bond donors (Lipinski definition) is 1. The van der Waals surface area contributed by atoms with Gasteiger partial charge in [0.1, 0.15) is 5.75 Å². The zero-order valence-corrected chi connectivity index (χ0v) is 15.7. The van der Waals surface area contributed by atoms with E-state index in [-0.39, 0.29) is 11.9 Å². The number of nitrogens with one attached hydrogen (secondary N) is 1. The van der Waals surface area contributed by atoms with Crippen molar-refractivity contribution in [3.63, 3.8) is 0 Å². The van der Waals surface area contributed by atoms with Crippen molar-refractivity contribution in [2.24, 2.45) is 5.92 Å². The minimum atomic E-state index is -0.0367. The Morgan fingerprint density at radius 1 is 1.32 bits per heavy atom. The van der Waals surface area contributed by atoms with E-state index in [2.05, 4.69) is 15.2 Å². The van der Waals surface area contributed by atoms with Crippen LogP contribution in [-0.4, -0.2) is 48.6 Å². The fourth-order valence-corrected chi connectivity index (χ4v) is 5.39. The number of ether oxygens (including phenoxy) is 1. The molecule has 7 heteroatoms. The number of aromatic nitrogens is 1. The first kappa shape index (κ1) is 16.9. The zero-order valence-electron chi connectivity index (χ0n) is 14.1. The second kappa shape index (κ2) is 7.35. The lowest BCUT2D eigenvalue weighted by molar-refractivity contribution is 0.0620. The van der Waals surface area contributed by atoms with Crippen LogP contribution < -0.4 is 10.1 Å². The molecule has 3 fully saturated rings. The maximum atomic E-state index is 12.5. The molecule has 3 aliphatic rings. The molecule has 1 aromatic carbocycles. The van der Waals surface area contributed by atoms with Crippen LogP contribution in [0, 0.1) is 5.92 Å². The first-order valence-corrected chi connectivity index (χ1v) is 10.2. The second-order valence-corrected chi connectivity index (χ2v) is 8.88. The number of methoxy groups -OCH3 is 1. The summed E-state index contributed by atoms with van der Waals surface area (Å²) in [6.45, 7) is 3.34. The Balaban J connectivity index is 1.37. The van der Waals surface area contributed by atoms with Crippen LogP contribution in [0.25, 0.3) is 0 Å². The summed E-state index contributed by atoms with van der Waals surface area (Å²) >= 11 is 3.06. The molecule has 4 heterocycles. The molecule has 3 saturated heterocycles. The molecule has 0 unspecified atom stereocenters. The van der Waals surface area contributed by atoms with Gasteiger partial charge in [-0.1, -0.05) is 11.8 Å². The van der Waals surface area contributed by atoms with Crippen LogP contribution in [0.2, 0.25) is 0 Å². The fourth-order valence-electron chi connectivity index (χ4n) is 3.53. The molecular weight excluding hydrogens is 354 g/mol. The normalized spacial score (nSPS) is 24.9. The van der Waals surface area contributed by atoms with Crippen LogP contribution >= 0.6 is 23.1 Å². The maximum Gasteiger partial charge on any atom is 0.280 e. The van der Waals surface area contributed by atoms with Crippen molar-refractivity contribution in [2.45, 2.75) is 28.0 Å². The van der Waals surface area contributed by atoms with Crippen molar-refractivity contribution >= 4 is 29.0 Å². The van der Waals surface area contributed by atoms with Crippen molar-refractivity contribution in [3.05, 3.63) is 35.5 Å². The summed E-state index contributed by atoms with van der Waals surface area (Å²) in [5, 5.41) is 3.75. The van der Waals surface area contributed by atoms with Crippen LogP contribution in [-0.2, 0) is 0 Å². The highest BCUT2D eigenvalue weighted by Gasteiger charge is 2.35. The van der Waals surface area contributed by atoms with Gasteiger partial charge in [-0.3, -0.25) is 4.79 Å². The number of nitrogens with zero attached hydrogens (tertiary/aromatic N) is 2. The van der Waals surface area contributed by atoms with Gasteiger partial charge in [-0.25, -0.2) is 4.98 Å². The number of amides is 1. The summed E-state index contributed by atoms with van der Waals surface area (Å²) in [4.78, 5) is 20.4. The van der Waals surface area contributed by atoms with Crippen molar-refractivity contribution in [3.8, 4) is 5.75 Å². The van der Waals surface area contributed by atoms with Crippen molar-refractivity contribution in [1.82, 2.24) is 15.2 Å². The molecule has 25 heavy (non-hydrogen) atoms. The molecule has 0 radical (unpaired) electrons. The molecule has 0 saturated carbocycles. The summed E-state index contributed by atoms with van der Waals surface area (Å²) in [6, 6.07) is 8.16. The van der Waals surface area contributed by atoms with Crippen molar-refractivity contribution < 1.29 is 9.53 Å². The average molecular weight is 376 g/mol. The SMILES string of the molecule is COc1ccc(Sc2cnc(C(=O)N[C@H]3CN4CCC3CC4)s2)cc1. The van der Waals surface area contributed by atoms with Crippen molar-refractivity contribution in [1.29, 1.82) is 0 Å². The van der Waals surface area contributed by atoms with Gasteiger partial charge in [0.05, 0.1) is 17.5 Å². The molecule has 1 N–H and O–H groups in total. The molecule has 1 aromatic heterocycles. The molecule has 132 valence electrons. The molecule has 5 rings (SSSR count). The minimum Gasteiger partial charge on any atom is -0.497 e. The number of carbonyl (C=O) groups excluding carboxylic acids is 1. The van der Waals surface area contributed by atoms with Gasteiger partial charge in [0.15, 0.2) is 5.01 Å². The highest BCUT2D eigenvalue weighted by atomic mass is 32.2. The van der Waals surface area contributed by atoms with E-state index in [1.165, 1.54) is 37.3 Å². The quantitative estimate of drug-likeness (QED) is 0.870. The van der Waals surface area contributed by atoms with Gasteiger partial charge in [0, 0.05) is 17.5 Å². The third kappa shape index (κ3) is 3.83. The largest absolute Gasteiger partial charge is 0.497 e. The van der Waals surface area contributed by atoms with Gasteiger partial charge in [-0.2, -0.15) is 0 Å². The lowest BCUT2D eigenvalue weighted by atomic mass is 9.84. The van der Waals surface area contributed by atoms with Gasteiger partial charge in [0.25, 0.3) is 5.91 Å². The highest BCUT2D eigenvalue weighted by Crippen LogP contribution is 2.33. The van der Waals surface area contributed by atoms with E-state index in [4.69, 9.17) is 4.74 Å². The van der Waals surface area contributed by atoms with Crippen LogP contribution in [0.5, 0.6) is 5.75 Å². The molecule has 2 aromatic rings. The van der Waals surface area contributed by atoms with E-state index >= 15 is 0 Å². The Morgan fingerprint density at radius 3 is 2.72 bits per heavy atom. The highest BCUT2D eigenvalue weighted by molar-refractivity contribution is 8.01. The van der Waals surface area contributed by atoms with Gasteiger partial charge >= 0.3 is 0 Å². The number of benzene rings is 1. The molecular formula is C18H21N3O2S2. The molecule has 0 spiro atoms. The molecule has 3 aliphatic heterocycles. The van der Waals surface area contributed by atoms with E-state index in [1.807, 2.05) is 24.3 Å². The summed E-state index contributed by atoms with van der Waals surface area (Å²) in [7, 11) is 1.66. The van der Waals surface area contributed by atoms with E-state index < -0.39 is 0 Å². The summed E-state index contributed by atoms with van der Waals surface area (Å²) < 4.78 is 6.19. The van der Waals surface area contributed by atoms with Crippen molar-refractivity contribution in [2.75, 3.05) is 26.7 Å². The van der Waals surface area contributed by atoms with Gasteiger partial charge in [-0.05, 0) is 56.1 Å². The predicted molar refractivity (Wildman–Crippen MR) is 99.6 cm³/mol. The van der Waals surface area contributed by atoms with Crippen LogP contribution in [0.3, 0.4) is 0 Å². The predicted octanol–water partition coefficient (Wildman–Crippen LogP) is 3.13. The van der Waals surface area contributed by atoms with Gasteiger partial charge < -0.3 is 15.0 Å². The number of thiazole rings is 1.